The maximum absolute atomic E-state index is 9.14. The lowest BCUT2D eigenvalue weighted by atomic mass is 10.1. The number of hydrogen-bond acceptors (Lipinski definition) is 3. The van der Waals surface area contributed by atoms with Crippen LogP contribution >= 0.6 is 0 Å². The molecule has 3 nitrogen and oxygen atoms in total. The highest BCUT2D eigenvalue weighted by Crippen LogP contribution is 1.95. The van der Waals surface area contributed by atoms with Crippen LogP contribution in [0.15, 0.2) is 0 Å². The average Bonchev–Trinajstić information content (AvgIpc) is 1.63. The third-order valence-electron chi connectivity index (χ3n) is 0.879. The summed E-state index contributed by atoms with van der Waals surface area (Å²) in [6.07, 6.45) is 0. The van der Waals surface area contributed by atoms with Gasteiger partial charge in [0, 0.05) is 19.6 Å². The standard InChI is InChI=1S/C6H16N2O/c1-6(2,9)5-8-4-3-7/h8-9H,3-5,7H2,1-2H3. The van der Waals surface area contributed by atoms with E-state index in [0.717, 1.165) is 6.54 Å². The van der Waals surface area contributed by atoms with Crippen LogP contribution in [0.1, 0.15) is 13.8 Å². The summed E-state index contributed by atoms with van der Waals surface area (Å²) in [6.45, 7) is 5.51. The Labute approximate surface area is 56.2 Å². The van der Waals surface area contributed by atoms with Crippen LogP contribution in [0, 0.1) is 0 Å². The smallest absolute Gasteiger partial charge is 0.0715 e. The molecule has 0 aliphatic rings. The van der Waals surface area contributed by atoms with Gasteiger partial charge in [0.1, 0.15) is 0 Å². The molecule has 0 saturated carbocycles. The van der Waals surface area contributed by atoms with E-state index in [1.165, 1.54) is 0 Å². The van der Waals surface area contributed by atoms with Crippen molar-refractivity contribution in [2.75, 3.05) is 19.6 Å². The lowest BCUT2D eigenvalue weighted by Crippen LogP contribution is -2.36. The fourth-order valence-electron chi connectivity index (χ4n) is 0.496. The molecule has 0 bridgehead atoms. The zero-order chi connectivity index (χ0) is 7.33. The molecule has 0 saturated heterocycles. The minimum absolute atomic E-state index is 0.601. The molecule has 0 aromatic rings. The van der Waals surface area contributed by atoms with E-state index in [9.17, 15) is 0 Å². The maximum atomic E-state index is 9.14. The van der Waals surface area contributed by atoms with E-state index in [1.54, 1.807) is 13.8 Å². The van der Waals surface area contributed by atoms with Crippen molar-refractivity contribution in [3.05, 3.63) is 0 Å². The topological polar surface area (TPSA) is 58.3 Å². The zero-order valence-electron chi connectivity index (χ0n) is 6.15. The van der Waals surface area contributed by atoms with Gasteiger partial charge in [0.15, 0.2) is 0 Å². The molecule has 0 aliphatic heterocycles. The molecule has 0 aromatic carbocycles. The summed E-state index contributed by atoms with van der Waals surface area (Å²) in [7, 11) is 0. The Morgan fingerprint density at radius 2 is 2.11 bits per heavy atom. The van der Waals surface area contributed by atoms with E-state index in [2.05, 4.69) is 5.32 Å². The number of nitrogens with two attached hydrogens (primary N) is 1. The van der Waals surface area contributed by atoms with Crippen LogP contribution in [0.5, 0.6) is 0 Å². The van der Waals surface area contributed by atoms with Crippen molar-refractivity contribution in [2.45, 2.75) is 19.4 Å². The largest absolute Gasteiger partial charge is 0.389 e. The summed E-state index contributed by atoms with van der Waals surface area (Å²) < 4.78 is 0. The van der Waals surface area contributed by atoms with Crippen LogP contribution in [-0.4, -0.2) is 30.3 Å². The van der Waals surface area contributed by atoms with Crippen molar-refractivity contribution in [2.24, 2.45) is 5.73 Å². The third kappa shape index (κ3) is 7.88. The van der Waals surface area contributed by atoms with Gasteiger partial charge in [0.05, 0.1) is 5.60 Å². The summed E-state index contributed by atoms with van der Waals surface area (Å²) in [5.41, 5.74) is 4.60. The Morgan fingerprint density at radius 3 is 2.44 bits per heavy atom. The van der Waals surface area contributed by atoms with Crippen LogP contribution in [0.25, 0.3) is 0 Å². The molecule has 0 rings (SSSR count). The lowest BCUT2D eigenvalue weighted by molar-refractivity contribution is 0.0803. The van der Waals surface area contributed by atoms with E-state index in [0.29, 0.717) is 13.1 Å². The molecule has 0 unspecified atom stereocenters. The van der Waals surface area contributed by atoms with Crippen molar-refractivity contribution in [1.29, 1.82) is 0 Å². The van der Waals surface area contributed by atoms with Crippen molar-refractivity contribution in [3.63, 3.8) is 0 Å². The van der Waals surface area contributed by atoms with Gasteiger partial charge in [-0.1, -0.05) is 0 Å². The van der Waals surface area contributed by atoms with Gasteiger partial charge in [-0.15, -0.1) is 0 Å². The van der Waals surface area contributed by atoms with Gasteiger partial charge in [0.2, 0.25) is 0 Å². The summed E-state index contributed by atoms with van der Waals surface area (Å²) in [4.78, 5) is 0. The molecule has 3 heteroatoms. The van der Waals surface area contributed by atoms with Gasteiger partial charge >= 0.3 is 0 Å². The number of nitrogens with one attached hydrogen (secondary N) is 1. The molecule has 4 N–H and O–H groups in total. The summed E-state index contributed by atoms with van der Waals surface area (Å²) in [5.74, 6) is 0. The van der Waals surface area contributed by atoms with Crippen molar-refractivity contribution in [3.8, 4) is 0 Å². The molecule has 0 aromatic heterocycles. The van der Waals surface area contributed by atoms with Crippen molar-refractivity contribution in [1.82, 2.24) is 5.32 Å². The first-order valence-electron chi connectivity index (χ1n) is 3.19. The second kappa shape index (κ2) is 3.82. The Kier molecular flexibility index (Phi) is 3.77. The van der Waals surface area contributed by atoms with E-state index in [-0.39, 0.29) is 0 Å². The fourth-order valence-corrected chi connectivity index (χ4v) is 0.496. The first-order valence-corrected chi connectivity index (χ1v) is 3.19. The van der Waals surface area contributed by atoms with Crippen LogP contribution in [-0.2, 0) is 0 Å². The molecule has 0 aliphatic carbocycles. The number of rotatable bonds is 4. The van der Waals surface area contributed by atoms with Crippen LogP contribution in [0.4, 0.5) is 0 Å². The summed E-state index contributed by atoms with van der Waals surface area (Å²) in [5, 5.41) is 12.1. The molecule has 0 radical (unpaired) electrons. The van der Waals surface area contributed by atoms with Gasteiger partial charge in [-0.05, 0) is 13.8 Å². The second-order valence-electron chi connectivity index (χ2n) is 2.78. The van der Waals surface area contributed by atoms with Gasteiger partial charge in [-0.2, -0.15) is 0 Å². The monoisotopic (exact) mass is 132 g/mol. The van der Waals surface area contributed by atoms with Crippen LogP contribution < -0.4 is 11.1 Å². The van der Waals surface area contributed by atoms with E-state index >= 15 is 0 Å². The molecule has 0 fully saturated rings. The molecule has 0 heterocycles. The molecular weight excluding hydrogens is 116 g/mol. The van der Waals surface area contributed by atoms with Gasteiger partial charge in [-0.3, -0.25) is 0 Å². The summed E-state index contributed by atoms with van der Waals surface area (Å²) >= 11 is 0. The first kappa shape index (κ1) is 8.88. The first-order chi connectivity index (χ1) is 4.06. The van der Waals surface area contributed by atoms with Crippen LogP contribution in [0.3, 0.4) is 0 Å². The SMILES string of the molecule is CC(C)(O)CNCCN. The predicted molar refractivity (Wildman–Crippen MR) is 38.2 cm³/mol. The average molecular weight is 132 g/mol. The van der Waals surface area contributed by atoms with E-state index in [4.69, 9.17) is 10.8 Å². The zero-order valence-corrected chi connectivity index (χ0v) is 6.15. The molecule has 0 spiro atoms. The Bertz CT molecular complexity index is 67.9. The molecular formula is C6H16N2O. The van der Waals surface area contributed by atoms with Gasteiger partial charge < -0.3 is 16.2 Å². The normalized spacial score (nSPS) is 12.0. The quantitative estimate of drug-likeness (QED) is 0.444. The minimum Gasteiger partial charge on any atom is -0.389 e. The highest BCUT2D eigenvalue weighted by Gasteiger charge is 2.09. The minimum atomic E-state index is -0.616. The molecule has 0 amide bonds. The third-order valence-corrected chi connectivity index (χ3v) is 0.879. The number of hydrogen-bond donors (Lipinski definition) is 3. The molecule has 0 atom stereocenters. The van der Waals surface area contributed by atoms with E-state index in [1.807, 2.05) is 0 Å². The van der Waals surface area contributed by atoms with Gasteiger partial charge in [-0.25, -0.2) is 0 Å². The van der Waals surface area contributed by atoms with Gasteiger partial charge in [0.25, 0.3) is 0 Å². The predicted octanol–water partition coefficient (Wildman–Crippen LogP) is -0.694. The Balaban J connectivity index is 3.07. The van der Waals surface area contributed by atoms with Crippen molar-refractivity contribution >= 4 is 0 Å². The van der Waals surface area contributed by atoms with E-state index < -0.39 is 5.60 Å². The second-order valence-corrected chi connectivity index (χ2v) is 2.78. The van der Waals surface area contributed by atoms with Crippen molar-refractivity contribution < 1.29 is 5.11 Å². The highest BCUT2D eigenvalue weighted by atomic mass is 16.3. The maximum Gasteiger partial charge on any atom is 0.0715 e. The summed E-state index contributed by atoms with van der Waals surface area (Å²) in [6, 6.07) is 0. The molecule has 56 valence electrons. The molecule has 9 heavy (non-hydrogen) atoms. The Morgan fingerprint density at radius 1 is 1.56 bits per heavy atom. The lowest BCUT2D eigenvalue weighted by Gasteiger charge is -2.16. The number of aliphatic hydroxyl groups is 1. The Hall–Kier alpha value is -0.120. The fraction of sp³-hybridized carbons (Fsp3) is 1.00. The highest BCUT2D eigenvalue weighted by molar-refractivity contribution is 4.67. The van der Waals surface area contributed by atoms with Crippen LogP contribution in [0.2, 0.25) is 0 Å².